The minimum absolute atomic E-state index is 0.107. The molecule has 2 heteroatoms. The number of hydrogen-bond acceptors (Lipinski definition) is 1. The Kier molecular flexibility index (Phi) is 9.88. The van der Waals surface area contributed by atoms with Crippen LogP contribution in [0.4, 0.5) is 0 Å². The van der Waals surface area contributed by atoms with Crippen LogP contribution in [0.25, 0.3) is 0 Å². The van der Waals surface area contributed by atoms with Gasteiger partial charge in [-0.2, -0.15) is 10.0 Å². The molecule has 0 heterocycles. The summed E-state index contributed by atoms with van der Waals surface area (Å²) in [5.41, 5.74) is 1.40. The first kappa shape index (κ1) is 28.1. The molecule has 0 bridgehead atoms. The van der Waals surface area contributed by atoms with E-state index in [0.717, 1.165) is 31.6 Å². The predicted octanol–water partition coefficient (Wildman–Crippen LogP) is 9.48. The highest BCUT2D eigenvalue weighted by atomic mass is 32.3. The summed E-state index contributed by atoms with van der Waals surface area (Å²) in [5.74, 6) is 1.11. The monoisotopic (exact) mass is 477 g/mol. The molecule has 0 aliphatic rings. The van der Waals surface area contributed by atoms with E-state index in [4.69, 9.17) is 0 Å². The van der Waals surface area contributed by atoms with E-state index in [1.807, 2.05) is 6.08 Å². The van der Waals surface area contributed by atoms with Crippen molar-refractivity contribution < 1.29 is 0 Å². The molecule has 0 amide bonds. The van der Waals surface area contributed by atoms with Crippen molar-refractivity contribution in [2.45, 2.75) is 81.4 Å². The Morgan fingerprint density at radius 1 is 0.882 bits per heavy atom. The van der Waals surface area contributed by atoms with Crippen LogP contribution >= 0.6 is 10.0 Å². The molecule has 0 radical (unpaired) electrons. The number of hydrogen-bond donors (Lipinski definition) is 0. The third-order valence-electron chi connectivity index (χ3n) is 6.44. The lowest BCUT2D eigenvalue weighted by Gasteiger charge is -2.52. The third-order valence-corrected chi connectivity index (χ3v) is 11.5. The van der Waals surface area contributed by atoms with E-state index >= 15 is 0 Å². The van der Waals surface area contributed by atoms with Gasteiger partial charge in [0, 0.05) is 18.3 Å². The fourth-order valence-corrected chi connectivity index (χ4v) is 9.50. The average Bonchev–Trinajstić information content (AvgIpc) is 2.77. The Morgan fingerprint density at radius 2 is 1.38 bits per heavy atom. The maximum Gasteiger partial charge on any atom is 0.0474 e. The number of benzene rings is 2. The Hall–Kier alpha value is -2.19. The minimum Gasteiger partial charge on any atom is -0.369 e. The van der Waals surface area contributed by atoms with Crippen molar-refractivity contribution in [3.63, 3.8) is 0 Å². The van der Waals surface area contributed by atoms with Crippen LogP contribution in [0.3, 0.4) is 0 Å². The molecule has 186 valence electrons. The van der Waals surface area contributed by atoms with Crippen molar-refractivity contribution in [2.24, 2.45) is 5.41 Å². The van der Waals surface area contributed by atoms with Crippen molar-refractivity contribution in [3.8, 4) is 0 Å². The average molecular weight is 478 g/mol. The molecule has 2 rings (SSSR count). The highest BCUT2D eigenvalue weighted by Gasteiger charge is 2.40. The molecule has 0 spiro atoms. The summed E-state index contributed by atoms with van der Waals surface area (Å²) in [6.45, 7) is 27.8. The molecular weight excluding hydrogens is 430 g/mol. The van der Waals surface area contributed by atoms with Crippen LogP contribution in [0.2, 0.25) is 0 Å². The van der Waals surface area contributed by atoms with E-state index in [9.17, 15) is 0 Å². The van der Waals surface area contributed by atoms with Crippen LogP contribution in [0.5, 0.6) is 0 Å². The Balaban J connectivity index is 2.50. The summed E-state index contributed by atoms with van der Waals surface area (Å²) in [5, 5.41) is 0. The van der Waals surface area contributed by atoms with Gasteiger partial charge < -0.3 is 4.90 Å². The third kappa shape index (κ3) is 6.92. The van der Waals surface area contributed by atoms with E-state index in [1.165, 1.54) is 15.5 Å². The van der Waals surface area contributed by atoms with Gasteiger partial charge in [-0.1, -0.05) is 96.7 Å². The molecule has 1 atom stereocenters. The molecule has 0 aromatic heterocycles. The van der Waals surface area contributed by atoms with Gasteiger partial charge in [0.25, 0.3) is 0 Å². The quantitative estimate of drug-likeness (QED) is 0.275. The van der Waals surface area contributed by atoms with Gasteiger partial charge in [-0.15, -0.1) is 13.2 Å². The summed E-state index contributed by atoms with van der Waals surface area (Å²) < 4.78 is 0.107. The molecule has 2 aromatic carbocycles. The lowest BCUT2D eigenvalue weighted by atomic mass is 9.90. The molecule has 0 saturated carbocycles. The van der Waals surface area contributed by atoms with Crippen LogP contribution < -0.4 is 0 Å². The number of nitrogens with zero attached hydrogens (tertiary/aromatic N) is 1. The summed E-state index contributed by atoms with van der Waals surface area (Å²) >= 11 is 0. The predicted molar refractivity (Wildman–Crippen MR) is 155 cm³/mol. The van der Waals surface area contributed by atoms with Crippen molar-refractivity contribution in [1.29, 1.82) is 0 Å². The molecule has 0 N–H and O–H groups in total. The minimum atomic E-state index is -1.31. The molecular formula is C32H47NS. The van der Waals surface area contributed by atoms with E-state index in [0.29, 0.717) is 0 Å². The van der Waals surface area contributed by atoms with Gasteiger partial charge in [-0.25, -0.2) is 0 Å². The van der Waals surface area contributed by atoms with Crippen molar-refractivity contribution in [3.05, 3.63) is 98.2 Å². The van der Waals surface area contributed by atoms with Crippen LogP contribution in [0.15, 0.2) is 108 Å². The molecule has 0 unspecified atom stereocenters. The molecule has 0 fully saturated rings. The SMILES string of the molecule is C=CCCN(C(=C)CC(C)(C)C)[C@@H](C=C)CCS(c1ccccc1)(c1ccccc1)C(C)(C)C. The maximum absolute atomic E-state index is 4.52. The van der Waals surface area contributed by atoms with Gasteiger partial charge in [0.1, 0.15) is 0 Å². The molecule has 0 aliphatic heterocycles. The fraction of sp³-hybridized carbons (Fsp3) is 0.438. The first-order chi connectivity index (χ1) is 16.0. The second-order valence-corrected chi connectivity index (χ2v) is 15.4. The highest BCUT2D eigenvalue weighted by molar-refractivity contribution is 8.34. The van der Waals surface area contributed by atoms with Gasteiger partial charge in [0.05, 0.1) is 0 Å². The lowest BCUT2D eigenvalue weighted by molar-refractivity contribution is 0.254. The van der Waals surface area contributed by atoms with E-state index < -0.39 is 10.0 Å². The normalized spacial score (nSPS) is 13.7. The molecule has 2 aromatic rings. The van der Waals surface area contributed by atoms with Gasteiger partial charge >= 0.3 is 0 Å². The highest BCUT2D eigenvalue weighted by Crippen LogP contribution is 2.70. The summed E-state index contributed by atoms with van der Waals surface area (Å²) in [7, 11) is -1.31. The molecule has 0 aliphatic carbocycles. The molecule has 0 saturated heterocycles. The molecule has 34 heavy (non-hydrogen) atoms. The fourth-order valence-electron chi connectivity index (χ4n) is 4.89. The maximum atomic E-state index is 4.52. The van der Waals surface area contributed by atoms with Crippen molar-refractivity contribution in [2.75, 3.05) is 12.3 Å². The van der Waals surface area contributed by atoms with Gasteiger partial charge in [0.2, 0.25) is 0 Å². The Morgan fingerprint density at radius 3 is 1.76 bits per heavy atom. The first-order valence-electron chi connectivity index (χ1n) is 12.5. The van der Waals surface area contributed by atoms with E-state index in [2.05, 4.69) is 133 Å². The number of allylic oxidation sites excluding steroid dienone is 1. The second-order valence-electron chi connectivity index (χ2n) is 11.3. The topological polar surface area (TPSA) is 3.24 Å². The number of rotatable bonds is 12. The second kappa shape index (κ2) is 12.0. The Labute approximate surface area is 212 Å². The van der Waals surface area contributed by atoms with Crippen LogP contribution in [-0.2, 0) is 0 Å². The zero-order chi connectivity index (χ0) is 25.4. The van der Waals surface area contributed by atoms with Crippen LogP contribution in [0.1, 0.15) is 60.8 Å². The van der Waals surface area contributed by atoms with Gasteiger partial charge in [0.15, 0.2) is 0 Å². The van der Waals surface area contributed by atoms with Crippen LogP contribution in [0, 0.1) is 5.41 Å². The zero-order valence-electron chi connectivity index (χ0n) is 22.5. The van der Waals surface area contributed by atoms with Crippen LogP contribution in [-0.4, -0.2) is 28.0 Å². The van der Waals surface area contributed by atoms with Gasteiger partial charge in [-0.3, -0.25) is 0 Å². The largest absolute Gasteiger partial charge is 0.369 e. The zero-order valence-corrected chi connectivity index (χ0v) is 23.3. The summed E-state index contributed by atoms with van der Waals surface area (Å²) in [6, 6.07) is 22.6. The Bertz CT molecular complexity index is 875. The first-order valence-corrected chi connectivity index (χ1v) is 14.3. The summed E-state index contributed by atoms with van der Waals surface area (Å²) in [4.78, 5) is 5.41. The van der Waals surface area contributed by atoms with Crippen molar-refractivity contribution in [1.82, 2.24) is 4.90 Å². The van der Waals surface area contributed by atoms with E-state index in [1.54, 1.807) is 0 Å². The van der Waals surface area contributed by atoms with E-state index in [-0.39, 0.29) is 16.2 Å². The van der Waals surface area contributed by atoms with Gasteiger partial charge in [-0.05, 0) is 69.2 Å². The standard InChI is InChI=1S/C32H47NS/c1-10-12-24-33(27(3)26-31(4,5)6)28(11-2)23-25-34(32(7,8)9,29-19-15-13-16-20-29)30-21-17-14-18-22-30/h10-11,13-22,28H,1-3,12,23-26H2,4-9H3/t28-/m0/s1. The summed E-state index contributed by atoms with van der Waals surface area (Å²) in [6.07, 6.45) is 7.11. The molecule has 1 nitrogen and oxygen atoms in total. The smallest absolute Gasteiger partial charge is 0.0474 e. The van der Waals surface area contributed by atoms with Crippen molar-refractivity contribution >= 4 is 10.0 Å². The lowest BCUT2D eigenvalue weighted by Crippen LogP contribution is -2.37.